The number of hydrogen-bond acceptors (Lipinski definition) is 2. The summed E-state index contributed by atoms with van der Waals surface area (Å²) in [6, 6.07) is 6.06. The minimum atomic E-state index is -0.0993. The van der Waals surface area contributed by atoms with E-state index in [0.717, 1.165) is 10.9 Å². The summed E-state index contributed by atoms with van der Waals surface area (Å²) in [6.07, 6.45) is 0. The quantitative estimate of drug-likeness (QED) is 0.887. The summed E-state index contributed by atoms with van der Waals surface area (Å²) in [7, 11) is 1.62. The summed E-state index contributed by atoms with van der Waals surface area (Å²) in [4.78, 5) is 15.3. The predicted molar refractivity (Wildman–Crippen MR) is 76.6 cm³/mol. The van der Waals surface area contributed by atoms with E-state index in [4.69, 9.17) is 4.74 Å². The molecule has 1 unspecified atom stereocenters. The van der Waals surface area contributed by atoms with E-state index in [2.05, 4.69) is 29.4 Å². The number of hydrogen-bond donors (Lipinski definition) is 2. The zero-order valence-corrected chi connectivity index (χ0v) is 11.8. The lowest BCUT2D eigenvalue weighted by Crippen LogP contribution is -2.35. The summed E-state index contributed by atoms with van der Waals surface area (Å²) in [5.41, 5.74) is 3.95. The fraction of sp³-hybridized carbons (Fsp3) is 0.400. The Balaban J connectivity index is 2.26. The fourth-order valence-electron chi connectivity index (χ4n) is 2.31. The second-order valence-corrected chi connectivity index (χ2v) is 5.06. The van der Waals surface area contributed by atoms with Gasteiger partial charge in [0.15, 0.2) is 0 Å². The van der Waals surface area contributed by atoms with E-state index in [0.29, 0.717) is 12.3 Å². The van der Waals surface area contributed by atoms with Gasteiger partial charge in [0.25, 0.3) is 5.91 Å². The average Bonchev–Trinajstić information content (AvgIpc) is 2.73. The largest absolute Gasteiger partial charge is 0.383 e. The number of carbonyl (C=O) groups is 1. The highest BCUT2D eigenvalue weighted by molar-refractivity contribution is 5.99. The Morgan fingerprint density at radius 1 is 1.37 bits per heavy atom. The number of benzene rings is 1. The second kappa shape index (κ2) is 5.45. The number of amides is 1. The normalized spacial score (nSPS) is 12.6. The van der Waals surface area contributed by atoms with Crippen LogP contribution in [0.4, 0.5) is 0 Å². The molecule has 0 bridgehead atoms. The lowest BCUT2D eigenvalue weighted by atomic mass is 10.1. The molecule has 0 saturated heterocycles. The van der Waals surface area contributed by atoms with E-state index in [1.54, 1.807) is 7.11 Å². The van der Waals surface area contributed by atoms with E-state index in [1.165, 1.54) is 11.1 Å². The molecule has 4 heteroatoms. The van der Waals surface area contributed by atoms with Gasteiger partial charge in [-0.05, 0) is 44.0 Å². The van der Waals surface area contributed by atoms with E-state index in [-0.39, 0.29) is 11.9 Å². The summed E-state index contributed by atoms with van der Waals surface area (Å²) in [6.45, 7) is 6.52. The van der Waals surface area contributed by atoms with Crippen molar-refractivity contribution in [2.75, 3.05) is 13.7 Å². The smallest absolute Gasteiger partial charge is 0.268 e. The van der Waals surface area contributed by atoms with Crippen molar-refractivity contribution in [2.24, 2.45) is 0 Å². The Labute approximate surface area is 113 Å². The molecule has 0 fully saturated rings. The Kier molecular flexibility index (Phi) is 3.90. The molecule has 1 aromatic heterocycles. The maximum Gasteiger partial charge on any atom is 0.268 e. The van der Waals surface area contributed by atoms with Crippen LogP contribution in [0.15, 0.2) is 18.2 Å². The van der Waals surface area contributed by atoms with Crippen molar-refractivity contribution in [3.8, 4) is 0 Å². The van der Waals surface area contributed by atoms with Crippen LogP contribution >= 0.6 is 0 Å². The minimum Gasteiger partial charge on any atom is -0.383 e. The molecule has 0 saturated carbocycles. The lowest BCUT2D eigenvalue weighted by molar-refractivity contribution is 0.0901. The van der Waals surface area contributed by atoms with Gasteiger partial charge in [0.2, 0.25) is 0 Å². The molecule has 19 heavy (non-hydrogen) atoms. The van der Waals surface area contributed by atoms with E-state index in [1.807, 2.05) is 19.9 Å². The molecule has 102 valence electrons. The number of methoxy groups -OCH3 is 1. The highest BCUT2D eigenvalue weighted by Gasteiger charge is 2.13. The average molecular weight is 260 g/mol. The van der Waals surface area contributed by atoms with Gasteiger partial charge in [-0.15, -0.1) is 0 Å². The van der Waals surface area contributed by atoms with Crippen molar-refractivity contribution < 1.29 is 9.53 Å². The molecule has 0 aliphatic carbocycles. The molecule has 1 heterocycles. The molecule has 4 nitrogen and oxygen atoms in total. The molecule has 2 aromatic rings. The summed E-state index contributed by atoms with van der Waals surface area (Å²) in [5.74, 6) is -0.0993. The molecule has 0 spiro atoms. The predicted octanol–water partition coefficient (Wildman–Crippen LogP) is 2.55. The van der Waals surface area contributed by atoms with Crippen LogP contribution < -0.4 is 5.32 Å². The summed E-state index contributed by atoms with van der Waals surface area (Å²) in [5, 5.41) is 3.99. The van der Waals surface area contributed by atoms with Crippen LogP contribution in [0.3, 0.4) is 0 Å². The molecule has 0 aliphatic rings. The van der Waals surface area contributed by atoms with Gasteiger partial charge in [0, 0.05) is 24.1 Å². The van der Waals surface area contributed by atoms with E-state index >= 15 is 0 Å². The minimum absolute atomic E-state index is 0.00764. The van der Waals surface area contributed by atoms with Gasteiger partial charge in [-0.2, -0.15) is 0 Å². The maximum atomic E-state index is 12.1. The molecule has 2 N–H and O–H groups in total. The van der Waals surface area contributed by atoms with Crippen molar-refractivity contribution in [3.63, 3.8) is 0 Å². The zero-order chi connectivity index (χ0) is 14.0. The summed E-state index contributed by atoms with van der Waals surface area (Å²) >= 11 is 0. The van der Waals surface area contributed by atoms with Crippen LogP contribution in [0.25, 0.3) is 10.9 Å². The van der Waals surface area contributed by atoms with Crippen LogP contribution in [0, 0.1) is 13.8 Å². The first-order valence-corrected chi connectivity index (χ1v) is 6.41. The first-order chi connectivity index (χ1) is 9.01. The highest BCUT2D eigenvalue weighted by Crippen LogP contribution is 2.21. The molecule has 2 rings (SSSR count). The van der Waals surface area contributed by atoms with Crippen LogP contribution in [-0.2, 0) is 4.74 Å². The Morgan fingerprint density at radius 2 is 2.11 bits per heavy atom. The molecule has 1 aromatic carbocycles. The number of nitrogens with one attached hydrogen (secondary N) is 2. The van der Waals surface area contributed by atoms with Gasteiger partial charge in [-0.3, -0.25) is 4.79 Å². The molecule has 0 radical (unpaired) electrons. The number of ether oxygens (including phenoxy) is 1. The second-order valence-electron chi connectivity index (χ2n) is 5.06. The van der Waals surface area contributed by atoms with Crippen molar-refractivity contribution in [1.29, 1.82) is 0 Å². The number of aromatic amines is 1. The van der Waals surface area contributed by atoms with Gasteiger partial charge in [0.05, 0.1) is 6.61 Å². The van der Waals surface area contributed by atoms with Crippen LogP contribution in [0.2, 0.25) is 0 Å². The zero-order valence-electron chi connectivity index (χ0n) is 11.8. The third-order valence-corrected chi connectivity index (χ3v) is 3.13. The number of rotatable bonds is 4. The first kappa shape index (κ1) is 13.6. The van der Waals surface area contributed by atoms with E-state index < -0.39 is 0 Å². The first-order valence-electron chi connectivity index (χ1n) is 6.41. The molecule has 0 aliphatic heterocycles. The van der Waals surface area contributed by atoms with Crippen LogP contribution in [0.1, 0.15) is 28.5 Å². The third-order valence-electron chi connectivity index (χ3n) is 3.13. The monoisotopic (exact) mass is 260 g/mol. The van der Waals surface area contributed by atoms with Gasteiger partial charge < -0.3 is 15.0 Å². The number of carbonyl (C=O) groups excluding carboxylic acids is 1. The van der Waals surface area contributed by atoms with Crippen molar-refractivity contribution >= 4 is 16.8 Å². The fourth-order valence-corrected chi connectivity index (χ4v) is 2.31. The Morgan fingerprint density at radius 3 is 2.79 bits per heavy atom. The molecule has 1 atom stereocenters. The highest BCUT2D eigenvalue weighted by atomic mass is 16.5. The Bertz CT molecular complexity index is 601. The third kappa shape index (κ3) is 2.96. The SMILES string of the molecule is COCC(C)NC(=O)c1cc2c(C)cc(C)cc2[nH]1. The Hall–Kier alpha value is -1.81. The number of fused-ring (bicyclic) bond motifs is 1. The molecular formula is C15H20N2O2. The lowest BCUT2D eigenvalue weighted by Gasteiger charge is -2.11. The standard InChI is InChI=1S/C15H20N2O2/c1-9-5-10(2)12-7-14(17-13(12)6-9)15(18)16-11(3)8-19-4/h5-7,11,17H,8H2,1-4H3,(H,16,18). The van der Waals surface area contributed by atoms with Gasteiger partial charge in [-0.25, -0.2) is 0 Å². The van der Waals surface area contributed by atoms with Crippen molar-refractivity contribution in [1.82, 2.24) is 10.3 Å². The van der Waals surface area contributed by atoms with Crippen molar-refractivity contribution in [2.45, 2.75) is 26.8 Å². The molecule has 1 amide bonds. The summed E-state index contributed by atoms with van der Waals surface area (Å²) < 4.78 is 5.01. The van der Waals surface area contributed by atoms with Gasteiger partial charge in [0.1, 0.15) is 5.69 Å². The van der Waals surface area contributed by atoms with Gasteiger partial charge >= 0.3 is 0 Å². The number of H-pyrrole nitrogens is 1. The van der Waals surface area contributed by atoms with Crippen molar-refractivity contribution in [3.05, 3.63) is 35.0 Å². The maximum absolute atomic E-state index is 12.1. The number of aromatic nitrogens is 1. The van der Waals surface area contributed by atoms with Crippen LogP contribution in [0.5, 0.6) is 0 Å². The van der Waals surface area contributed by atoms with Gasteiger partial charge in [-0.1, -0.05) is 6.07 Å². The number of aryl methyl sites for hydroxylation is 2. The van der Waals surface area contributed by atoms with Crippen LogP contribution in [-0.4, -0.2) is 30.6 Å². The van der Waals surface area contributed by atoms with E-state index in [9.17, 15) is 4.79 Å². The topological polar surface area (TPSA) is 54.1 Å². The molecular weight excluding hydrogens is 240 g/mol.